The Balaban J connectivity index is 3.17. The van der Waals surface area contributed by atoms with Gasteiger partial charge < -0.3 is 10.2 Å². The highest BCUT2D eigenvalue weighted by molar-refractivity contribution is 6.30. The number of aliphatic hydroxyl groups excluding tert-OH is 1. The summed E-state index contributed by atoms with van der Waals surface area (Å²) in [6, 6.07) is 6.66. The Kier molecular flexibility index (Phi) is 5.20. The van der Waals surface area contributed by atoms with Crippen molar-refractivity contribution in [1.82, 2.24) is 4.90 Å². The Morgan fingerprint density at radius 2 is 1.84 bits per heavy atom. The normalized spacial score (nSPS) is 13.1. The summed E-state index contributed by atoms with van der Waals surface area (Å²) >= 11 is 5.85. The number of aliphatic hydroxyl groups is 1. The van der Waals surface area contributed by atoms with Crippen molar-refractivity contribution < 1.29 is 15.0 Å². The van der Waals surface area contributed by atoms with Crippen LogP contribution in [0.25, 0.3) is 0 Å². The van der Waals surface area contributed by atoms with E-state index in [0.29, 0.717) is 11.4 Å². The van der Waals surface area contributed by atoms with Gasteiger partial charge in [-0.25, -0.2) is 4.79 Å². The minimum Gasteiger partial charge on any atom is -0.465 e. The molecule has 0 heterocycles. The van der Waals surface area contributed by atoms with Crippen molar-refractivity contribution in [2.45, 2.75) is 38.8 Å². The fourth-order valence-electron chi connectivity index (χ4n) is 2.14. The van der Waals surface area contributed by atoms with Gasteiger partial charge in [-0.3, -0.25) is 4.90 Å². The largest absolute Gasteiger partial charge is 0.465 e. The van der Waals surface area contributed by atoms with Crippen LogP contribution in [0, 0.1) is 0 Å². The third-order valence-electron chi connectivity index (χ3n) is 2.90. The van der Waals surface area contributed by atoms with Gasteiger partial charge in [0.1, 0.15) is 0 Å². The molecule has 0 aromatic heterocycles. The molecule has 0 saturated heterocycles. The van der Waals surface area contributed by atoms with E-state index >= 15 is 0 Å². The first-order chi connectivity index (χ1) is 8.77. The quantitative estimate of drug-likeness (QED) is 0.889. The van der Waals surface area contributed by atoms with Crippen molar-refractivity contribution in [3.8, 4) is 0 Å². The number of hydrogen-bond acceptors (Lipinski definition) is 2. The van der Waals surface area contributed by atoms with Gasteiger partial charge in [0.25, 0.3) is 0 Å². The lowest BCUT2D eigenvalue weighted by Crippen LogP contribution is -2.47. The fraction of sp³-hybridized carbons (Fsp3) is 0.500. The molecule has 1 aromatic rings. The molecule has 2 N–H and O–H groups in total. The summed E-state index contributed by atoms with van der Waals surface area (Å²) in [5.74, 6) is 0. The van der Waals surface area contributed by atoms with Crippen LogP contribution in [0.5, 0.6) is 0 Å². The molecule has 0 fully saturated rings. The summed E-state index contributed by atoms with van der Waals surface area (Å²) < 4.78 is 0. The predicted molar refractivity (Wildman–Crippen MR) is 75.5 cm³/mol. The van der Waals surface area contributed by atoms with Gasteiger partial charge in [-0.2, -0.15) is 0 Å². The molecular formula is C14H20ClNO3. The van der Waals surface area contributed by atoms with E-state index < -0.39 is 11.6 Å². The van der Waals surface area contributed by atoms with E-state index in [9.17, 15) is 15.0 Å². The van der Waals surface area contributed by atoms with E-state index in [1.54, 1.807) is 24.3 Å². The standard InChI is InChI=1S/C14H20ClNO3/c1-14(2,3)16(13(18)19)12(8-9-17)10-4-6-11(15)7-5-10/h4-7,12,17H,8-9H2,1-3H3,(H,18,19)/t12-/m1/s1. The predicted octanol–water partition coefficient (Wildman–Crippen LogP) is 3.54. The number of carbonyl (C=O) groups is 1. The highest BCUT2D eigenvalue weighted by Gasteiger charge is 2.33. The van der Waals surface area contributed by atoms with E-state index in [2.05, 4.69) is 0 Å². The lowest BCUT2D eigenvalue weighted by atomic mass is 9.96. The molecule has 1 aromatic carbocycles. The Hall–Kier alpha value is -1.26. The summed E-state index contributed by atoms with van der Waals surface area (Å²) in [5.41, 5.74) is 0.279. The van der Waals surface area contributed by atoms with Crippen molar-refractivity contribution in [1.29, 1.82) is 0 Å². The minimum absolute atomic E-state index is 0.0762. The molecule has 4 nitrogen and oxygen atoms in total. The van der Waals surface area contributed by atoms with Gasteiger partial charge in [0, 0.05) is 17.2 Å². The maximum absolute atomic E-state index is 11.5. The number of nitrogens with zero attached hydrogens (tertiary/aromatic N) is 1. The Morgan fingerprint density at radius 1 is 1.32 bits per heavy atom. The van der Waals surface area contributed by atoms with Crippen molar-refractivity contribution >= 4 is 17.7 Å². The van der Waals surface area contributed by atoms with Gasteiger partial charge in [-0.05, 0) is 44.9 Å². The van der Waals surface area contributed by atoms with Crippen LogP contribution in [-0.2, 0) is 0 Å². The lowest BCUT2D eigenvalue weighted by molar-refractivity contribution is 0.0602. The summed E-state index contributed by atoms with van der Waals surface area (Å²) in [4.78, 5) is 12.9. The van der Waals surface area contributed by atoms with Crippen LogP contribution < -0.4 is 0 Å². The average Bonchev–Trinajstić information content (AvgIpc) is 2.27. The summed E-state index contributed by atoms with van der Waals surface area (Å²) in [5, 5.41) is 19.2. The second-order valence-corrected chi connectivity index (χ2v) is 5.84. The maximum Gasteiger partial charge on any atom is 0.408 e. The van der Waals surface area contributed by atoms with Gasteiger partial charge in [0.2, 0.25) is 0 Å². The van der Waals surface area contributed by atoms with Crippen molar-refractivity contribution in [2.24, 2.45) is 0 Å². The van der Waals surface area contributed by atoms with Crippen LogP contribution in [0.3, 0.4) is 0 Å². The number of halogens is 1. The van der Waals surface area contributed by atoms with Gasteiger partial charge in [0.05, 0.1) is 6.04 Å². The van der Waals surface area contributed by atoms with Gasteiger partial charge in [-0.1, -0.05) is 23.7 Å². The maximum atomic E-state index is 11.5. The number of carboxylic acid groups (broad SMARTS) is 1. The van der Waals surface area contributed by atoms with Crippen LogP contribution in [0.2, 0.25) is 5.02 Å². The molecule has 0 bridgehead atoms. The molecule has 0 aliphatic heterocycles. The van der Waals surface area contributed by atoms with Crippen LogP contribution in [0.1, 0.15) is 38.8 Å². The Bertz CT molecular complexity index is 425. The molecule has 1 atom stereocenters. The third-order valence-corrected chi connectivity index (χ3v) is 3.15. The SMILES string of the molecule is CC(C)(C)N(C(=O)O)[C@H](CCO)c1ccc(Cl)cc1. The molecule has 1 amide bonds. The molecule has 1 rings (SSSR count). The molecular weight excluding hydrogens is 266 g/mol. The highest BCUT2D eigenvalue weighted by Crippen LogP contribution is 2.31. The zero-order valence-corrected chi connectivity index (χ0v) is 12.2. The van der Waals surface area contributed by atoms with E-state index in [1.807, 2.05) is 20.8 Å². The molecule has 0 aliphatic rings. The molecule has 0 unspecified atom stereocenters. The molecule has 106 valence electrons. The monoisotopic (exact) mass is 285 g/mol. The third kappa shape index (κ3) is 4.11. The topological polar surface area (TPSA) is 60.8 Å². The summed E-state index contributed by atoms with van der Waals surface area (Å²) in [6.45, 7) is 5.43. The van der Waals surface area contributed by atoms with Gasteiger partial charge in [0.15, 0.2) is 0 Å². The lowest BCUT2D eigenvalue weighted by Gasteiger charge is -2.39. The molecule has 0 saturated carbocycles. The Labute approximate surface area is 118 Å². The zero-order chi connectivity index (χ0) is 14.6. The second-order valence-electron chi connectivity index (χ2n) is 5.40. The number of benzene rings is 1. The first-order valence-corrected chi connectivity index (χ1v) is 6.53. The van der Waals surface area contributed by atoms with E-state index in [-0.39, 0.29) is 12.6 Å². The minimum atomic E-state index is -0.999. The fourth-order valence-corrected chi connectivity index (χ4v) is 2.27. The molecule has 5 heteroatoms. The summed E-state index contributed by atoms with van der Waals surface area (Å²) in [6.07, 6.45) is -0.647. The first kappa shape index (κ1) is 15.8. The molecule has 0 aliphatic carbocycles. The van der Waals surface area contributed by atoms with Crippen molar-refractivity contribution in [3.63, 3.8) is 0 Å². The van der Waals surface area contributed by atoms with Crippen LogP contribution in [0.15, 0.2) is 24.3 Å². The van der Waals surface area contributed by atoms with E-state index in [4.69, 9.17) is 11.6 Å². The highest BCUT2D eigenvalue weighted by atomic mass is 35.5. The molecule has 0 radical (unpaired) electrons. The van der Waals surface area contributed by atoms with Crippen molar-refractivity contribution in [2.75, 3.05) is 6.61 Å². The number of hydrogen-bond donors (Lipinski definition) is 2. The van der Waals surface area contributed by atoms with Crippen LogP contribution in [-0.4, -0.2) is 33.4 Å². The second kappa shape index (κ2) is 6.26. The van der Waals surface area contributed by atoms with Crippen LogP contribution >= 0.6 is 11.6 Å². The molecule has 19 heavy (non-hydrogen) atoms. The summed E-state index contributed by atoms with van der Waals surface area (Å²) in [7, 11) is 0. The molecule has 0 spiro atoms. The van der Waals surface area contributed by atoms with Gasteiger partial charge in [-0.15, -0.1) is 0 Å². The van der Waals surface area contributed by atoms with Gasteiger partial charge >= 0.3 is 6.09 Å². The van der Waals surface area contributed by atoms with E-state index in [1.165, 1.54) is 4.90 Å². The number of rotatable bonds is 4. The van der Waals surface area contributed by atoms with E-state index in [0.717, 1.165) is 5.56 Å². The zero-order valence-electron chi connectivity index (χ0n) is 11.4. The smallest absolute Gasteiger partial charge is 0.408 e. The van der Waals surface area contributed by atoms with Crippen molar-refractivity contribution in [3.05, 3.63) is 34.9 Å². The Morgan fingerprint density at radius 3 is 2.21 bits per heavy atom. The first-order valence-electron chi connectivity index (χ1n) is 6.16. The van der Waals surface area contributed by atoms with Crippen LogP contribution in [0.4, 0.5) is 4.79 Å². The average molecular weight is 286 g/mol. The number of amides is 1.